The number of hydrogen-bond donors (Lipinski definition) is 2. The highest BCUT2D eigenvalue weighted by Crippen LogP contribution is 2.34. The van der Waals surface area contributed by atoms with Crippen LogP contribution in [0.25, 0.3) is 11.4 Å². The zero-order chi connectivity index (χ0) is 26.1. The van der Waals surface area contributed by atoms with Crippen molar-refractivity contribution in [2.24, 2.45) is 0 Å². The number of anilines is 2. The van der Waals surface area contributed by atoms with Gasteiger partial charge in [-0.1, -0.05) is 36.4 Å². The quantitative estimate of drug-likeness (QED) is 0.532. The summed E-state index contributed by atoms with van der Waals surface area (Å²) in [5, 5.41) is 20.6. The molecule has 1 atom stereocenters. The fraction of sp³-hybridized carbons (Fsp3) is 0.483. The number of aromatic nitrogens is 3. The third-order valence-electron chi connectivity index (χ3n) is 8.36. The van der Waals surface area contributed by atoms with E-state index < -0.39 is 0 Å². The van der Waals surface area contributed by atoms with Gasteiger partial charge in [0.05, 0.1) is 12.6 Å². The molecule has 0 bridgehead atoms. The molecule has 38 heavy (non-hydrogen) atoms. The Morgan fingerprint density at radius 2 is 1.61 bits per heavy atom. The van der Waals surface area contributed by atoms with E-state index in [-0.39, 0.29) is 18.4 Å². The van der Waals surface area contributed by atoms with Crippen molar-refractivity contribution >= 4 is 11.9 Å². The molecular weight excluding hydrogens is 478 g/mol. The minimum Gasteiger partial charge on any atom is -0.508 e. The maximum absolute atomic E-state index is 10.4. The summed E-state index contributed by atoms with van der Waals surface area (Å²) in [4.78, 5) is 24.1. The van der Waals surface area contributed by atoms with Crippen molar-refractivity contribution in [3.63, 3.8) is 0 Å². The number of aliphatic hydroxyl groups excluding tert-OH is 1. The fourth-order valence-electron chi connectivity index (χ4n) is 6.13. The third kappa shape index (κ3) is 5.06. The number of aliphatic hydroxyl groups is 1. The molecular formula is C29H37N7O2. The number of likely N-dealkylation sites (tertiary alicyclic amines) is 1. The first-order valence-electron chi connectivity index (χ1n) is 13.8. The largest absolute Gasteiger partial charge is 0.508 e. The average molecular weight is 516 g/mol. The van der Waals surface area contributed by atoms with Gasteiger partial charge in [0.15, 0.2) is 5.82 Å². The second-order valence-corrected chi connectivity index (χ2v) is 10.7. The molecule has 2 saturated heterocycles. The summed E-state index contributed by atoms with van der Waals surface area (Å²) in [6, 6.07) is 15.8. The molecule has 200 valence electrons. The molecule has 4 heterocycles. The van der Waals surface area contributed by atoms with Gasteiger partial charge in [0.25, 0.3) is 0 Å². The first-order chi connectivity index (χ1) is 18.6. The number of rotatable bonds is 5. The van der Waals surface area contributed by atoms with Gasteiger partial charge < -0.3 is 24.9 Å². The number of piperazine rings is 1. The maximum Gasteiger partial charge on any atom is 0.231 e. The van der Waals surface area contributed by atoms with Crippen LogP contribution in [-0.4, -0.2) is 100 Å². The molecule has 6 rings (SSSR count). The minimum atomic E-state index is -0.214. The zero-order valence-corrected chi connectivity index (χ0v) is 22.1. The molecule has 2 aromatic carbocycles. The Morgan fingerprint density at radius 1 is 0.842 bits per heavy atom. The van der Waals surface area contributed by atoms with Crippen LogP contribution in [-0.2, 0) is 6.42 Å². The van der Waals surface area contributed by atoms with Crippen LogP contribution in [0.2, 0.25) is 0 Å². The predicted molar refractivity (Wildman–Crippen MR) is 149 cm³/mol. The van der Waals surface area contributed by atoms with E-state index in [0.29, 0.717) is 23.8 Å². The molecule has 0 aliphatic carbocycles. The highest BCUT2D eigenvalue weighted by atomic mass is 16.3. The van der Waals surface area contributed by atoms with Gasteiger partial charge in [-0.15, -0.1) is 0 Å². The van der Waals surface area contributed by atoms with Crippen molar-refractivity contribution in [3.8, 4) is 17.1 Å². The van der Waals surface area contributed by atoms with E-state index in [2.05, 4.69) is 44.8 Å². The molecule has 0 saturated carbocycles. The summed E-state index contributed by atoms with van der Waals surface area (Å²) in [6.07, 6.45) is 3.32. The monoisotopic (exact) mass is 515 g/mol. The second-order valence-electron chi connectivity index (χ2n) is 10.7. The van der Waals surface area contributed by atoms with Crippen molar-refractivity contribution in [2.45, 2.75) is 31.3 Å². The Balaban J connectivity index is 1.30. The number of aromatic hydroxyl groups is 1. The molecule has 0 unspecified atom stereocenters. The van der Waals surface area contributed by atoms with Gasteiger partial charge in [0.1, 0.15) is 5.75 Å². The topological polar surface area (TPSA) is 92.1 Å². The van der Waals surface area contributed by atoms with Crippen LogP contribution in [0.5, 0.6) is 5.75 Å². The Bertz CT molecular complexity index is 1260. The molecule has 2 N–H and O–H groups in total. The van der Waals surface area contributed by atoms with Crippen molar-refractivity contribution in [1.82, 2.24) is 24.8 Å². The normalized spacial score (nSPS) is 21.5. The van der Waals surface area contributed by atoms with Crippen molar-refractivity contribution < 1.29 is 10.2 Å². The van der Waals surface area contributed by atoms with Crippen LogP contribution in [0.3, 0.4) is 0 Å². The van der Waals surface area contributed by atoms with E-state index in [0.717, 1.165) is 50.3 Å². The van der Waals surface area contributed by atoms with Crippen LogP contribution >= 0.6 is 0 Å². The van der Waals surface area contributed by atoms with E-state index in [9.17, 15) is 10.2 Å². The molecule has 0 amide bonds. The van der Waals surface area contributed by atoms with Gasteiger partial charge in [-0.2, -0.15) is 15.0 Å². The smallest absolute Gasteiger partial charge is 0.231 e. The SMILES string of the molecule is CN1CCC(N2CCN(c3nc(-c4cccc(O)c4)nc(N4CCc5ccccc5[C@@H]4CO)n3)CC2)CC1. The molecule has 3 aliphatic rings. The van der Waals surface area contributed by atoms with Crippen molar-refractivity contribution in [2.75, 3.05) is 69.3 Å². The number of piperidine rings is 1. The average Bonchev–Trinajstić information content (AvgIpc) is 2.97. The molecule has 1 aromatic heterocycles. The number of hydrogen-bond acceptors (Lipinski definition) is 9. The maximum atomic E-state index is 10.4. The Kier molecular flexibility index (Phi) is 7.14. The number of fused-ring (bicyclic) bond motifs is 1. The lowest BCUT2D eigenvalue weighted by molar-refractivity contribution is 0.115. The molecule has 3 aromatic rings. The summed E-state index contributed by atoms with van der Waals surface area (Å²) in [7, 11) is 2.21. The first kappa shape index (κ1) is 25.0. The van der Waals surface area contributed by atoms with E-state index in [1.165, 1.54) is 31.5 Å². The standard InChI is InChI=1S/C29H37N7O2/c1-33-12-10-23(11-13-33)34-15-17-35(18-16-34)28-30-27(22-6-4-7-24(38)19-22)31-29(32-28)36-14-9-21-5-2-3-8-25(21)26(36)20-37/h2-8,19,23,26,37-38H,9-18,20H2,1H3/t26-/m0/s1. The summed E-state index contributed by atoms with van der Waals surface area (Å²) in [6.45, 7) is 6.74. The van der Waals surface area contributed by atoms with Crippen molar-refractivity contribution in [3.05, 3.63) is 59.7 Å². The fourth-order valence-corrected chi connectivity index (χ4v) is 6.13. The first-order valence-corrected chi connectivity index (χ1v) is 13.8. The molecule has 3 aliphatic heterocycles. The molecule has 0 spiro atoms. The summed E-state index contributed by atoms with van der Waals surface area (Å²) in [5.41, 5.74) is 3.13. The summed E-state index contributed by atoms with van der Waals surface area (Å²) < 4.78 is 0. The lowest BCUT2D eigenvalue weighted by Crippen LogP contribution is -2.53. The van der Waals surface area contributed by atoms with Crippen LogP contribution in [0, 0.1) is 0 Å². The highest BCUT2D eigenvalue weighted by Gasteiger charge is 2.31. The minimum absolute atomic E-state index is 0.0191. The Morgan fingerprint density at radius 3 is 2.37 bits per heavy atom. The molecule has 9 nitrogen and oxygen atoms in total. The van der Waals surface area contributed by atoms with Crippen LogP contribution in [0.1, 0.15) is 30.0 Å². The lowest BCUT2D eigenvalue weighted by Gasteiger charge is -2.42. The van der Waals surface area contributed by atoms with Gasteiger partial charge in [-0.25, -0.2) is 0 Å². The number of phenolic OH excluding ortho intramolecular Hbond substituents is 1. The Labute approximate surface area is 224 Å². The van der Waals surface area contributed by atoms with Crippen LogP contribution in [0.15, 0.2) is 48.5 Å². The van der Waals surface area contributed by atoms with Gasteiger partial charge >= 0.3 is 0 Å². The summed E-state index contributed by atoms with van der Waals surface area (Å²) >= 11 is 0. The number of phenols is 1. The third-order valence-corrected chi connectivity index (χ3v) is 8.36. The number of benzene rings is 2. The molecule has 2 fully saturated rings. The van der Waals surface area contributed by atoms with Gasteiger partial charge in [-0.05, 0) is 62.7 Å². The van der Waals surface area contributed by atoms with E-state index in [1.54, 1.807) is 12.1 Å². The molecule has 9 heteroatoms. The lowest BCUT2D eigenvalue weighted by atomic mass is 9.93. The van der Waals surface area contributed by atoms with E-state index in [4.69, 9.17) is 15.0 Å². The second kappa shape index (κ2) is 10.8. The van der Waals surface area contributed by atoms with Crippen LogP contribution < -0.4 is 9.80 Å². The van der Waals surface area contributed by atoms with Gasteiger partial charge in [-0.3, -0.25) is 4.90 Å². The zero-order valence-electron chi connectivity index (χ0n) is 22.1. The predicted octanol–water partition coefficient (Wildman–Crippen LogP) is 2.56. The Hall–Kier alpha value is -3.27. The van der Waals surface area contributed by atoms with Crippen molar-refractivity contribution in [1.29, 1.82) is 0 Å². The molecule has 0 radical (unpaired) electrons. The number of nitrogens with zero attached hydrogens (tertiary/aromatic N) is 7. The highest BCUT2D eigenvalue weighted by molar-refractivity contribution is 5.61. The van der Waals surface area contributed by atoms with Crippen LogP contribution in [0.4, 0.5) is 11.9 Å². The van der Waals surface area contributed by atoms with E-state index in [1.807, 2.05) is 18.2 Å². The van der Waals surface area contributed by atoms with E-state index >= 15 is 0 Å². The van der Waals surface area contributed by atoms with Gasteiger partial charge in [0.2, 0.25) is 11.9 Å². The van der Waals surface area contributed by atoms with Gasteiger partial charge in [0, 0.05) is 44.3 Å². The summed E-state index contributed by atoms with van der Waals surface area (Å²) in [5.74, 6) is 1.94.